The van der Waals surface area contributed by atoms with E-state index in [1.165, 1.54) is 6.07 Å². The van der Waals surface area contributed by atoms with E-state index in [9.17, 15) is 9.59 Å². The summed E-state index contributed by atoms with van der Waals surface area (Å²) in [6.45, 7) is 3.70. The fourth-order valence-electron chi connectivity index (χ4n) is 2.56. The minimum Gasteiger partial charge on any atom is -0.496 e. The number of hydrogen-bond donors (Lipinski definition) is 2. The summed E-state index contributed by atoms with van der Waals surface area (Å²) in [5.74, 6) is 0.315. The highest BCUT2D eigenvalue weighted by Crippen LogP contribution is 2.28. The topological polar surface area (TPSA) is 88.8 Å². The van der Waals surface area contributed by atoms with Gasteiger partial charge in [-0.05, 0) is 30.5 Å². The highest BCUT2D eigenvalue weighted by molar-refractivity contribution is 5.88. The van der Waals surface area contributed by atoms with Gasteiger partial charge in [0.25, 0.3) is 0 Å². The zero-order chi connectivity index (χ0) is 17.7. The van der Waals surface area contributed by atoms with Crippen LogP contribution in [0, 0.1) is 6.92 Å². The van der Waals surface area contributed by atoms with E-state index in [2.05, 4.69) is 5.32 Å². The summed E-state index contributed by atoms with van der Waals surface area (Å²) in [5, 5.41) is 11.7. The quantitative estimate of drug-likeness (QED) is 0.814. The number of hydrogen-bond acceptors (Lipinski definition) is 4. The molecule has 1 aromatic heterocycles. The SMILES string of the molecule is COc1ccccc1C(C)CC(=O)NCc1cc(C(=O)O)c(C)o1. The van der Waals surface area contributed by atoms with Crippen molar-refractivity contribution in [1.82, 2.24) is 5.32 Å². The lowest BCUT2D eigenvalue weighted by molar-refractivity contribution is -0.121. The number of carbonyl (C=O) groups is 2. The molecule has 0 saturated carbocycles. The molecule has 24 heavy (non-hydrogen) atoms. The maximum atomic E-state index is 12.1. The smallest absolute Gasteiger partial charge is 0.339 e. The molecule has 0 spiro atoms. The first-order valence-electron chi connectivity index (χ1n) is 7.64. The van der Waals surface area contributed by atoms with Gasteiger partial charge >= 0.3 is 5.97 Å². The summed E-state index contributed by atoms with van der Waals surface area (Å²) in [6.07, 6.45) is 0.297. The monoisotopic (exact) mass is 331 g/mol. The van der Waals surface area contributed by atoms with E-state index in [4.69, 9.17) is 14.3 Å². The third kappa shape index (κ3) is 4.16. The summed E-state index contributed by atoms with van der Waals surface area (Å²) >= 11 is 0. The number of amides is 1. The predicted octanol–water partition coefficient (Wildman–Crippen LogP) is 3.10. The number of carbonyl (C=O) groups excluding carboxylic acids is 1. The molecule has 1 aromatic carbocycles. The Balaban J connectivity index is 1.93. The highest BCUT2D eigenvalue weighted by Gasteiger charge is 2.17. The second-order valence-corrected chi connectivity index (χ2v) is 5.61. The van der Waals surface area contributed by atoms with Crippen LogP contribution in [0.25, 0.3) is 0 Å². The van der Waals surface area contributed by atoms with Crippen molar-refractivity contribution in [1.29, 1.82) is 0 Å². The van der Waals surface area contributed by atoms with Gasteiger partial charge in [-0.25, -0.2) is 4.79 Å². The molecule has 0 bridgehead atoms. The van der Waals surface area contributed by atoms with Gasteiger partial charge in [0.1, 0.15) is 22.8 Å². The number of ether oxygens (including phenoxy) is 1. The summed E-state index contributed by atoms with van der Waals surface area (Å²) < 4.78 is 10.7. The van der Waals surface area contributed by atoms with E-state index in [0.717, 1.165) is 11.3 Å². The molecule has 0 aliphatic rings. The van der Waals surface area contributed by atoms with Crippen molar-refractivity contribution in [3.8, 4) is 5.75 Å². The minimum absolute atomic E-state index is 0.00549. The van der Waals surface area contributed by atoms with Gasteiger partial charge in [0.15, 0.2) is 0 Å². The van der Waals surface area contributed by atoms with Crippen LogP contribution in [0.5, 0.6) is 5.75 Å². The first-order chi connectivity index (χ1) is 11.4. The van der Waals surface area contributed by atoms with Gasteiger partial charge in [-0.2, -0.15) is 0 Å². The van der Waals surface area contributed by atoms with Gasteiger partial charge in [0.2, 0.25) is 5.91 Å². The molecule has 6 heteroatoms. The zero-order valence-electron chi connectivity index (χ0n) is 14.0. The fraction of sp³-hybridized carbons (Fsp3) is 0.333. The predicted molar refractivity (Wildman–Crippen MR) is 88.3 cm³/mol. The number of carboxylic acids is 1. The number of benzene rings is 1. The second-order valence-electron chi connectivity index (χ2n) is 5.61. The van der Waals surface area contributed by atoms with Crippen molar-refractivity contribution in [3.63, 3.8) is 0 Å². The molecular weight excluding hydrogens is 310 g/mol. The van der Waals surface area contributed by atoms with Gasteiger partial charge < -0.3 is 19.6 Å². The molecule has 1 unspecified atom stereocenters. The Kier molecular flexibility index (Phi) is 5.63. The number of carboxylic acid groups (broad SMARTS) is 1. The lowest BCUT2D eigenvalue weighted by Gasteiger charge is -2.15. The summed E-state index contributed by atoms with van der Waals surface area (Å²) in [7, 11) is 1.60. The Labute approximate surface area is 140 Å². The van der Waals surface area contributed by atoms with E-state index in [-0.39, 0.29) is 23.9 Å². The van der Waals surface area contributed by atoms with Crippen LogP contribution < -0.4 is 10.1 Å². The number of aromatic carboxylic acids is 1. The first kappa shape index (κ1) is 17.6. The van der Waals surface area contributed by atoms with Gasteiger partial charge in [-0.1, -0.05) is 25.1 Å². The van der Waals surface area contributed by atoms with Crippen LogP contribution in [-0.2, 0) is 11.3 Å². The standard InChI is InChI=1S/C18H21NO5/c1-11(14-6-4-5-7-16(14)23-3)8-17(20)19-10-13-9-15(18(21)22)12(2)24-13/h4-7,9,11H,8,10H2,1-3H3,(H,19,20)(H,21,22). The molecule has 1 amide bonds. The maximum absolute atomic E-state index is 12.1. The number of para-hydroxylation sites is 1. The third-order valence-electron chi connectivity index (χ3n) is 3.82. The van der Waals surface area contributed by atoms with Crippen molar-refractivity contribution in [2.75, 3.05) is 7.11 Å². The van der Waals surface area contributed by atoms with E-state index in [1.54, 1.807) is 14.0 Å². The molecule has 1 heterocycles. The maximum Gasteiger partial charge on any atom is 0.339 e. The molecule has 2 N–H and O–H groups in total. The Morgan fingerprint density at radius 2 is 2.04 bits per heavy atom. The van der Waals surface area contributed by atoms with Crippen molar-refractivity contribution in [2.24, 2.45) is 0 Å². The number of rotatable bonds is 7. The lowest BCUT2D eigenvalue weighted by Crippen LogP contribution is -2.24. The van der Waals surface area contributed by atoms with Crippen LogP contribution in [0.3, 0.4) is 0 Å². The van der Waals surface area contributed by atoms with Gasteiger partial charge in [0.05, 0.1) is 13.7 Å². The minimum atomic E-state index is -1.04. The van der Waals surface area contributed by atoms with Crippen LogP contribution in [-0.4, -0.2) is 24.1 Å². The number of nitrogens with one attached hydrogen (secondary N) is 1. The van der Waals surface area contributed by atoms with Crippen molar-refractivity contribution < 1.29 is 23.8 Å². The van der Waals surface area contributed by atoms with Crippen LogP contribution in [0.1, 0.15) is 46.7 Å². The largest absolute Gasteiger partial charge is 0.496 e. The molecule has 128 valence electrons. The summed E-state index contributed by atoms with van der Waals surface area (Å²) in [6, 6.07) is 9.02. The molecule has 0 aliphatic carbocycles. The Morgan fingerprint density at radius 1 is 1.33 bits per heavy atom. The van der Waals surface area contributed by atoms with Crippen molar-refractivity contribution >= 4 is 11.9 Å². The molecule has 6 nitrogen and oxygen atoms in total. The van der Waals surface area contributed by atoms with E-state index >= 15 is 0 Å². The van der Waals surface area contributed by atoms with Gasteiger partial charge in [-0.15, -0.1) is 0 Å². The van der Waals surface area contributed by atoms with E-state index in [1.807, 2.05) is 31.2 Å². The number of aryl methyl sites for hydroxylation is 1. The van der Waals surface area contributed by atoms with E-state index in [0.29, 0.717) is 17.9 Å². The average molecular weight is 331 g/mol. The highest BCUT2D eigenvalue weighted by atomic mass is 16.5. The third-order valence-corrected chi connectivity index (χ3v) is 3.82. The van der Waals surface area contributed by atoms with Crippen molar-refractivity contribution in [3.05, 3.63) is 53.0 Å². The zero-order valence-corrected chi connectivity index (χ0v) is 14.0. The lowest BCUT2D eigenvalue weighted by atomic mass is 9.96. The summed E-state index contributed by atoms with van der Waals surface area (Å²) in [5.41, 5.74) is 1.08. The second kappa shape index (κ2) is 7.68. The molecule has 1 atom stereocenters. The van der Waals surface area contributed by atoms with Crippen molar-refractivity contribution in [2.45, 2.75) is 32.7 Å². The first-order valence-corrected chi connectivity index (χ1v) is 7.64. The Hall–Kier alpha value is -2.76. The van der Waals surface area contributed by atoms with Crippen LogP contribution in [0.2, 0.25) is 0 Å². The molecular formula is C18H21NO5. The molecule has 0 fully saturated rings. The average Bonchev–Trinajstić information content (AvgIpc) is 2.94. The van der Waals surface area contributed by atoms with Gasteiger partial charge in [-0.3, -0.25) is 4.79 Å². The number of furan rings is 1. The molecule has 0 aliphatic heterocycles. The van der Waals surface area contributed by atoms with Crippen LogP contribution in [0.15, 0.2) is 34.7 Å². The van der Waals surface area contributed by atoms with E-state index < -0.39 is 5.97 Å². The molecule has 2 aromatic rings. The van der Waals surface area contributed by atoms with Crippen LogP contribution >= 0.6 is 0 Å². The Bertz CT molecular complexity index is 735. The fourth-order valence-corrected chi connectivity index (χ4v) is 2.56. The van der Waals surface area contributed by atoms with Crippen LogP contribution in [0.4, 0.5) is 0 Å². The number of methoxy groups -OCH3 is 1. The summed E-state index contributed by atoms with van der Waals surface area (Å²) in [4.78, 5) is 23.1. The molecule has 0 radical (unpaired) electrons. The molecule has 2 rings (SSSR count). The molecule has 0 saturated heterocycles. The Morgan fingerprint density at radius 3 is 2.67 bits per heavy atom. The van der Waals surface area contributed by atoms with Gasteiger partial charge in [0, 0.05) is 6.42 Å². The normalized spacial score (nSPS) is 11.8.